The summed E-state index contributed by atoms with van der Waals surface area (Å²) in [6.45, 7) is 3.89. The Morgan fingerprint density at radius 1 is 1.14 bits per heavy atom. The van der Waals surface area contributed by atoms with Crippen LogP contribution in [-0.4, -0.2) is 32.5 Å². The van der Waals surface area contributed by atoms with Gasteiger partial charge in [0.1, 0.15) is 5.69 Å². The molecule has 1 atom stereocenters. The molecule has 0 aliphatic carbocycles. The fraction of sp³-hybridized carbons (Fsp3) is 0.190. The van der Waals surface area contributed by atoms with E-state index in [2.05, 4.69) is 15.2 Å². The quantitative estimate of drug-likeness (QED) is 0.549. The second-order valence-electron chi connectivity index (χ2n) is 6.79. The van der Waals surface area contributed by atoms with Crippen molar-refractivity contribution in [1.29, 1.82) is 0 Å². The molecular formula is C21H18F2N4O2. The minimum atomic E-state index is -1.12. The van der Waals surface area contributed by atoms with Crippen molar-refractivity contribution in [2.24, 2.45) is 0 Å². The van der Waals surface area contributed by atoms with Crippen molar-refractivity contribution in [3.05, 3.63) is 75.8 Å². The van der Waals surface area contributed by atoms with Crippen LogP contribution in [0.5, 0.6) is 0 Å². The first-order chi connectivity index (χ1) is 13.9. The predicted molar refractivity (Wildman–Crippen MR) is 106 cm³/mol. The van der Waals surface area contributed by atoms with Crippen LogP contribution in [0.3, 0.4) is 0 Å². The number of nitrogens with zero attached hydrogens (tertiary/aromatic N) is 2. The molecule has 2 heterocycles. The molecule has 8 heteroatoms. The van der Waals surface area contributed by atoms with Crippen molar-refractivity contribution in [3.8, 4) is 0 Å². The number of aromatic nitrogens is 3. The van der Waals surface area contributed by atoms with Gasteiger partial charge in [0.15, 0.2) is 11.6 Å². The molecule has 0 saturated carbocycles. The number of H-pyrrole nitrogens is 2. The third kappa shape index (κ3) is 3.16. The molecule has 0 fully saturated rings. The van der Waals surface area contributed by atoms with Gasteiger partial charge in [-0.05, 0) is 38.1 Å². The first kappa shape index (κ1) is 18.8. The van der Waals surface area contributed by atoms with Crippen molar-refractivity contribution in [2.45, 2.75) is 19.9 Å². The third-order valence-corrected chi connectivity index (χ3v) is 5.08. The Labute approximate surface area is 164 Å². The normalized spacial score (nSPS) is 12.4. The highest BCUT2D eigenvalue weighted by Crippen LogP contribution is 2.27. The van der Waals surface area contributed by atoms with E-state index in [0.29, 0.717) is 12.2 Å². The van der Waals surface area contributed by atoms with Gasteiger partial charge in [0.05, 0.1) is 17.1 Å². The second kappa shape index (κ2) is 7.12. The summed E-state index contributed by atoms with van der Waals surface area (Å²) in [4.78, 5) is 29.8. The lowest BCUT2D eigenvalue weighted by Crippen LogP contribution is -2.34. The summed E-state index contributed by atoms with van der Waals surface area (Å²) in [7, 11) is 0. The highest BCUT2D eigenvalue weighted by molar-refractivity contribution is 5.98. The Hall–Kier alpha value is -3.55. The van der Waals surface area contributed by atoms with Crippen LogP contribution in [0.2, 0.25) is 0 Å². The molecule has 148 valence electrons. The second-order valence-corrected chi connectivity index (χ2v) is 6.79. The number of carbonyl (C=O) groups is 1. The highest BCUT2D eigenvalue weighted by atomic mass is 19.2. The average Bonchev–Trinajstić information content (AvgIpc) is 3.14. The monoisotopic (exact) mass is 396 g/mol. The van der Waals surface area contributed by atoms with Gasteiger partial charge in [0, 0.05) is 22.8 Å². The molecule has 6 nitrogen and oxygen atoms in total. The summed E-state index contributed by atoms with van der Waals surface area (Å²) < 4.78 is 27.5. The Kier molecular flexibility index (Phi) is 4.62. The highest BCUT2D eigenvalue weighted by Gasteiger charge is 2.26. The van der Waals surface area contributed by atoms with Crippen molar-refractivity contribution < 1.29 is 13.6 Å². The van der Waals surface area contributed by atoms with Crippen molar-refractivity contribution in [2.75, 3.05) is 6.54 Å². The molecule has 2 aromatic carbocycles. The van der Waals surface area contributed by atoms with Crippen LogP contribution < -0.4 is 5.56 Å². The van der Waals surface area contributed by atoms with E-state index in [0.717, 1.165) is 23.0 Å². The SMILES string of the molecule is CCN(C(=O)c1cc2ccccc2[nH]1)[C@@H](C)c1n[nH]c(=O)c2cc(F)c(F)cc12. The van der Waals surface area contributed by atoms with Crippen LogP contribution >= 0.6 is 0 Å². The maximum absolute atomic E-state index is 13.8. The van der Waals surface area contributed by atoms with Crippen LogP contribution in [0.25, 0.3) is 21.7 Å². The Morgan fingerprint density at radius 2 is 1.83 bits per heavy atom. The van der Waals surface area contributed by atoms with E-state index in [1.807, 2.05) is 31.2 Å². The molecule has 4 aromatic rings. The van der Waals surface area contributed by atoms with Crippen LogP contribution in [0.4, 0.5) is 8.78 Å². The summed E-state index contributed by atoms with van der Waals surface area (Å²) in [5, 5.41) is 7.40. The van der Waals surface area contributed by atoms with Gasteiger partial charge in [-0.25, -0.2) is 13.9 Å². The van der Waals surface area contributed by atoms with E-state index in [1.54, 1.807) is 17.9 Å². The molecule has 2 aromatic heterocycles. The van der Waals surface area contributed by atoms with E-state index >= 15 is 0 Å². The molecule has 0 aliphatic rings. The number of rotatable bonds is 4. The average molecular weight is 396 g/mol. The van der Waals surface area contributed by atoms with Crippen LogP contribution in [-0.2, 0) is 0 Å². The summed E-state index contributed by atoms with van der Waals surface area (Å²) >= 11 is 0. The van der Waals surface area contributed by atoms with Gasteiger partial charge in [-0.3, -0.25) is 9.59 Å². The van der Waals surface area contributed by atoms with E-state index in [9.17, 15) is 18.4 Å². The smallest absolute Gasteiger partial charge is 0.272 e. The molecule has 0 spiro atoms. The minimum Gasteiger partial charge on any atom is -0.351 e. The van der Waals surface area contributed by atoms with Gasteiger partial charge in [-0.2, -0.15) is 5.10 Å². The number of hydrogen-bond acceptors (Lipinski definition) is 3. The number of aromatic amines is 2. The van der Waals surface area contributed by atoms with Crippen molar-refractivity contribution in [3.63, 3.8) is 0 Å². The first-order valence-corrected chi connectivity index (χ1v) is 9.16. The van der Waals surface area contributed by atoms with Gasteiger partial charge >= 0.3 is 0 Å². The lowest BCUT2D eigenvalue weighted by Gasteiger charge is -2.27. The zero-order valence-corrected chi connectivity index (χ0v) is 15.8. The van der Waals surface area contributed by atoms with E-state index in [-0.39, 0.29) is 22.4 Å². The first-order valence-electron chi connectivity index (χ1n) is 9.16. The number of benzene rings is 2. The molecule has 4 rings (SSSR count). The van der Waals surface area contributed by atoms with Gasteiger partial charge in [0.2, 0.25) is 0 Å². The fourth-order valence-corrected chi connectivity index (χ4v) is 3.58. The lowest BCUT2D eigenvalue weighted by molar-refractivity contribution is 0.0694. The molecule has 0 unspecified atom stereocenters. The van der Waals surface area contributed by atoms with E-state index < -0.39 is 23.2 Å². The Morgan fingerprint density at radius 3 is 2.52 bits per heavy atom. The number of halogens is 2. The largest absolute Gasteiger partial charge is 0.351 e. The molecular weight excluding hydrogens is 378 g/mol. The van der Waals surface area contributed by atoms with Gasteiger partial charge < -0.3 is 9.88 Å². The molecule has 0 radical (unpaired) electrons. The maximum atomic E-state index is 13.8. The Bertz CT molecular complexity index is 1260. The molecule has 29 heavy (non-hydrogen) atoms. The van der Waals surface area contributed by atoms with Crippen LogP contribution in [0.15, 0.2) is 47.3 Å². The predicted octanol–water partition coefficient (Wildman–Crippen LogP) is 3.91. The number of amides is 1. The third-order valence-electron chi connectivity index (χ3n) is 5.08. The fourth-order valence-electron chi connectivity index (χ4n) is 3.58. The Balaban J connectivity index is 1.78. The maximum Gasteiger partial charge on any atom is 0.272 e. The van der Waals surface area contributed by atoms with Crippen molar-refractivity contribution in [1.82, 2.24) is 20.1 Å². The standard InChI is InChI=1S/C21H18F2N4O2/c1-3-27(21(29)18-8-12-6-4-5-7-17(12)24-18)11(2)19-13-9-15(22)16(23)10-14(13)20(28)26-25-19/h4-11,24H,3H2,1-2H3,(H,26,28)/t11-/m0/s1. The van der Waals surface area contributed by atoms with Crippen molar-refractivity contribution >= 4 is 27.6 Å². The zero-order valence-electron chi connectivity index (χ0n) is 15.8. The number of hydrogen-bond donors (Lipinski definition) is 2. The summed E-state index contributed by atoms with van der Waals surface area (Å²) in [5.74, 6) is -2.46. The van der Waals surface area contributed by atoms with Crippen LogP contribution in [0.1, 0.15) is 36.1 Å². The lowest BCUT2D eigenvalue weighted by atomic mass is 10.0. The van der Waals surface area contributed by atoms with Gasteiger partial charge in [-0.15, -0.1) is 0 Å². The molecule has 0 aliphatic heterocycles. The van der Waals surface area contributed by atoms with E-state index in [1.165, 1.54) is 0 Å². The molecule has 0 bridgehead atoms. The topological polar surface area (TPSA) is 81.8 Å². The van der Waals surface area contributed by atoms with Gasteiger partial charge in [-0.1, -0.05) is 18.2 Å². The summed E-state index contributed by atoms with van der Waals surface area (Å²) in [6.07, 6.45) is 0. The number of carbonyl (C=O) groups excluding carboxylic acids is 1. The van der Waals surface area contributed by atoms with Crippen LogP contribution in [0, 0.1) is 11.6 Å². The number of nitrogens with one attached hydrogen (secondary N) is 2. The summed E-state index contributed by atoms with van der Waals surface area (Å²) in [6, 6.07) is 10.5. The van der Waals surface area contributed by atoms with Gasteiger partial charge in [0.25, 0.3) is 11.5 Å². The molecule has 0 saturated heterocycles. The summed E-state index contributed by atoms with van der Waals surface area (Å²) in [5.41, 5.74) is 0.903. The zero-order chi connectivity index (χ0) is 20.7. The number of para-hydroxylation sites is 1. The molecule has 1 amide bonds. The molecule has 2 N–H and O–H groups in total. The number of fused-ring (bicyclic) bond motifs is 2. The van der Waals surface area contributed by atoms with E-state index in [4.69, 9.17) is 0 Å². The minimum absolute atomic E-state index is 0.0186.